The summed E-state index contributed by atoms with van der Waals surface area (Å²) in [5.41, 5.74) is 0.948. The summed E-state index contributed by atoms with van der Waals surface area (Å²) in [4.78, 5) is 32.9. The molecule has 2 fully saturated rings. The van der Waals surface area contributed by atoms with Crippen molar-refractivity contribution in [2.24, 2.45) is 0 Å². The van der Waals surface area contributed by atoms with Crippen LogP contribution in [0.4, 0.5) is 5.69 Å². The van der Waals surface area contributed by atoms with Crippen LogP contribution in [-0.2, 0) is 9.53 Å². The standard InChI is InChI=1S/C17H24N4O3/c1-20-7-9-21(10-8-20)17(23)14-12-13(5-6-18-14)19-16(22)15-4-2-3-11-24-15/h5-6,12,15H,2-4,7-11H2,1H3,(H,18,19,22)/t15-/m1/s1. The Hall–Kier alpha value is -1.99. The molecule has 1 atom stereocenters. The predicted octanol–water partition coefficient (Wildman–Crippen LogP) is 0.977. The number of aromatic nitrogens is 1. The lowest BCUT2D eigenvalue weighted by Crippen LogP contribution is -2.47. The van der Waals surface area contributed by atoms with Crippen LogP contribution in [0.2, 0.25) is 0 Å². The van der Waals surface area contributed by atoms with E-state index in [0.717, 1.165) is 32.4 Å². The van der Waals surface area contributed by atoms with Crippen LogP contribution < -0.4 is 5.32 Å². The molecule has 130 valence electrons. The Kier molecular flexibility index (Phi) is 5.42. The van der Waals surface area contributed by atoms with Crippen molar-refractivity contribution >= 4 is 17.5 Å². The molecule has 0 spiro atoms. The fraction of sp³-hybridized carbons (Fsp3) is 0.588. The molecule has 1 aromatic heterocycles. The number of nitrogens with one attached hydrogen (secondary N) is 1. The summed E-state index contributed by atoms with van der Waals surface area (Å²) in [6.07, 6.45) is 3.90. The smallest absolute Gasteiger partial charge is 0.272 e. The molecule has 24 heavy (non-hydrogen) atoms. The molecule has 1 aromatic rings. The van der Waals surface area contributed by atoms with Gasteiger partial charge in [0.1, 0.15) is 11.8 Å². The van der Waals surface area contributed by atoms with Crippen LogP contribution in [0, 0.1) is 0 Å². The quantitative estimate of drug-likeness (QED) is 0.893. The Morgan fingerprint density at radius 2 is 2.04 bits per heavy atom. The zero-order valence-electron chi connectivity index (χ0n) is 14.0. The van der Waals surface area contributed by atoms with E-state index in [9.17, 15) is 9.59 Å². The molecular weight excluding hydrogens is 308 g/mol. The van der Waals surface area contributed by atoms with Gasteiger partial charge in [-0.15, -0.1) is 0 Å². The summed E-state index contributed by atoms with van der Waals surface area (Å²) in [5.74, 6) is -0.244. The van der Waals surface area contributed by atoms with Gasteiger partial charge in [-0.2, -0.15) is 0 Å². The minimum atomic E-state index is -0.399. The lowest BCUT2D eigenvalue weighted by molar-refractivity contribution is -0.129. The van der Waals surface area contributed by atoms with Gasteiger partial charge in [-0.25, -0.2) is 0 Å². The minimum Gasteiger partial charge on any atom is -0.368 e. The Morgan fingerprint density at radius 3 is 2.75 bits per heavy atom. The molecule has 0 saturated carbocycles. The van der Waals surface area contributed by atoms with Crippen LogP contribution in [0.5, 0.6) is 0 Å². The highest BCUT2D eigenvalue weighted by Gasteiger charge is 2.24. The van der Waals surface area contributed by atoms with Crippen LogP contribution >= 0.6 is 0 Å². The van der Waals surface area contributed by atoms with Crippen LogP contribution in [0.25, 0.3) is 0 Å². The summed E-state index contributed by atoms with van der Waals surface area (Å²) < 4.78 is 5.49. The fourth-order valence-electron chi connectivity index (χ4n) is 2.97. The third kappa shape index (κ3) is 4.10. The maximum Gasteiger partial charge on any atom is 0.272 e. The molecule has 2 saturated heterocycles. The van der Waals surface area contributed by atoms with E-state index in [4.69, 9.17) is 4.74 Å². The number of nitrogens with zero attached hydrogens (tertiary/aromatic N) is 3. The molecule has 0 aromatic carbocycles. The van der Waals surface area contributed by atoms with E-state index in [1.165, 1.54) is 0 Å². The largest absolute Gasteiger partial charge is 0.368 e. The maximum absolute atomic E-state index is 12.6. The van der Waals surface area contributed by atoms with Crippen LogP contribution in [0.15, 0.2) is 18.3 Å². The zero-order chi connectivity index (χ0) is 16.9. The SMILES string of the molecule is CN1CCN(C(=O)c2cc(NC(=O)[C@H]3CCCCO3)ccn2)CC1. The number of rotatable bonds is 3. The number of pyridine rings is 1. The number of amides is 2. The Bertz CT molecular complexity index is 593. The van der Waals surface area contributed by atoms with Crippen molar-refractivity contribution in [2.45, 2.75) is 25.4 Å². The molecule has 1 N–H and O–H groups in total. The van der Waals surface area contributed by atoms with Crippen molar-refractivity contribution in [1.29, 1.82) is 0 Å². The average Bonchev–Trinajstić information content (AvgIpc) is 2.63. The van der Waals surface area contributed by atoms with E-state index in [0.29, 0.717) is 31.1 Å². The van der Waals surface area contributed by atoms with Gasteiger partial charge in [0.2, 0.25) is 0 Å². The fourth-order valence-corrected chi connectivity index (χ4v) is 2.97. The van der Waals surface area contributed by atoms with E-state index < -0.39 is 6.10 Å². The van der Waals surface area contributed by atoms with Crippen molar-refractivity contribution in [2.75, 3.05) is 45.2 Å². The molecule has 0 radical (unpaired) electrons. The number of ether oxygens (including phenoxy) is 1. The second-order valence-electron chi connectivity index (χ2n) is 6.37. The lowest BCUT2D eigenvalue weighted by Gasteiger charge is -2.32. The highest BCUT2D eigenvalue weighted by atomic mass is 16.5. The van der Waals surface area contributed by atoms with E-state index in [-0.39, 0.29) is 11.8 Å². The Labute approximate surface area is 142 Å². The zero-order valence-corrected chi connectivity index (χ0v) is 14.0. The molecule has 7 nitrogen and oxygen atoms in total. The lowest BCUT2D eigenvalue weighted by atomic mass is 10.1. The minimum absolute atomic E-state index is 0.0897. The first-order chi connectivity index (χ1) is 11.6. The number of carbonyl (C=O) groups excluding carboxylic acids is 2. The molecule has 7 heteroatoms. The van der Waals surface area contributed by atoms with Gasteiger partial charge in [0.05, 0.1) is 0 Å². The first-order valence-corrected chi connectivity index (χ1v) is 8.50. The van der Waals surface area contributed by atoms with Crippen LogP contribution in [-0.4, -0.2) is 72.5 Å². The molecule has 2 aliphatic rings. The monoisotopic (exact) mass is 332 g/mol. The molecular formula is C17H24N4O3. The molecule has 3 heterocycles. The van der Waals surface area contributed by atoms with Gasteiger partial charge in [0.25, 0.3) is 11.8 Å². The Balaban J connectivity index is 1.63. The first kappa shape index (κ1) is 16.9. The molecule has 2 amide bonds. The predicted molar refractivity (Wildman–Crippen MR) is 89.9 cm³/mol. The van der Waals surface area contributed by atoms with Gasteiger partial charge in [0.15, 0.2) is 0 Å². The number of hydrogen-bond donors (Lipinski definition) is 1. The van der Waals surface area contributed by atoms with Crippen molar-refractivity contribution in [1.82, 2.24) is 14.8 Å². The third-order valence-corrected chi connectivity index (χ3v) is 4.51. The van der Waals surface area contributed by atoms with Gasteiger partial charge >= 0.3 is 0 Å². The summed E-state index contributed by atoms with van der Waals surface area (Å²) >= 11 is 0. The summed E-state index contributed by atoms with van der Waals surface area (Å²) in [5, 5.41) is 2.83. The Morgan fingerprint density at radius 1 is 1.25 bits per heavy atom. The number of hydrogen-bond acceptors (Lipinski definition) is 5. The van der Waals surface area contributed by atoms with Crippen LogP contribution in [0.1, 0.15) is 29.8 Å². The number of likely N-dealkylation sites (N-methyl/N-ethyl adjacent to an activating group) is 1. The second-order valence-corrected chi connectivity index (χ2v) is 6.37. The van der Waals surface area contributed by atoms with Gasteiger partial charge in [-0.1, -0.05) is 0 Å². The highest BCUT2D eigenvalue weighted by molar-refractivity contribution is 5.97. The van der Waals surface area contributed by atoms with Gasteiger partial charge in [0, 0.05) is 44.7 Å². The highest BCUT2D eigenvalue weighted by Crippen LogP contribution is 2.16. The maximum atomic E-state index is 12.6. The molecule has 0 aliphatic carbocycles. The topological polar surface area (TPSA) is 74.8 Å². The molecule has 2 aliphatic heterocycles. The van der Waals surface area contributed by atoms with Crippen molar-refractivity contribution in [3.8, 4) is 0 Å². The first-order valence-electron chi connectivity index (χ1n) is 8.50. The summed E-state index contributed by atoms with van der Waals surface area (Å²) in [6.45, 7) is 3.75. The number of piperazine rings is 1. The molecule has 3 rings (SSSR count). The second kappa shape index (κ2) is 7.72. The molecule has 0 unspecified atom stereocenters. The normalized spacial score (nSPS) is 22.2. The van der Waals surface area contributed by atoms with Gasteiger partial charge < -0.3 is 19.9 Å². The summed E-state index contributed by atoms with van der Waals surface area (Å²) in [7, 11) is 2.05. The number of anilines is 1. The summed E-state index contributed by atoms with van der Waals surface area (Å²) in [6, 6.07) is 3.34. The van der Waals surface area contributed by atoms with E-state index in [1.807, 2.05) is 7.05 Å². The average molecular weight is 332 g/mol. The van der Waals surface area contributed by atoms with Gasteiger partial charge in [-0.05, 0) is 38.4 Å². The van der Waals surface area contributed by atoms with E-state index >= 15 is 0 Å². The van der Waals surface area contributed by atoms with Crippen molar-refractivity contribution in [3.05, 3.63) is 24.0 Å². The van der Waals surface area contributed by atoms with Crippen molar-refractivity contribution < 1.29 is 14.3 Å². The van der Waals surface area contributed by atoms with Crippen LogP contribution in [0.3, 0.4) is 0 Å². The molecule has 0 bridgehead atoms. The number of carbonyl (C=O) groups is 2. The van der Waals surface area contributed by atoms with Gasteiger partial charge in [-0.3, -0.25) is 14.6 Å². The van der Waals surface area contributed by atoms with E-state index in [2.05, 4.69) is 15.2 Å². The van der Waals surface area contributed by atoms with E-state index in [1.54, 1.807) is 23.2 Å². The third-order valence-electron chi connectivity index (χ3n) is 4.51. The van der Waals surface area contributed by atoms with Crippen molar-refractivity contribution in [3.63, 3.8) is 0 Å².